The number of rotatable bonds is 2. The number of hydrogen-bond acceptors (Lipinski definition) is 4. The largest absolute Gasteiger partial charge is 0.351 e. The lowest BCUT2D eigenvalue weighted by atomic mass is 10.1. The van der Waals surface area contributed by atoms with Crippen molar-refractivity contribution in [3.05, 3.63) is 47.9 Å². The van der Waals surface area contributed by atoms with Gasteiger partial charge in [-0.05, 0) is 13.0 Å². The highest BCUT2D eigenvalue weighted by molar-refractivity contribution is 5.95. The lowest BCUT2D eigenvalue weighted by molar-refractivity contribution is 0.756. The molecule has 2 aromatic heterocycles. The van der Waals surface area contributed by atoms with E-state index in [0.717, 1.165) is 28.0 Å². The summed E-state index contributed by atoms with van der Waals surface area (Å²) in [6.45, 7) is 1.93. The summed E-state index contributed by atoms with van der Waals surface area (Å²) in [7, 11) is 1.87. The van der Waals surface area contributed by atoms with E-state index in [9.17, 15) is 5.26 Å². The topological polar surface area (TPSA) is 66.5 Å². The minimum absolute atomic E-state index is 0.520. The van der Waals surface area contributed by atoms with Crippen LogP contribution in [0.4, 0.5) is 11.4 Å². The second-order valence-electron chi connectivity index (χ2n) is 4.60. The molecule has 3 aromatic rings. The molecule has 0 aliphatic carbocycles. The van der Waals surface area contributed by atoms with E-state index >= 15 is 0 Å². The zero-order chi connectivity index (χ0) is 14.1. The summed E-state index contributed by atoms with van der Waals surface area (Å²) in [5.41, 5.74) is 3.93. The minimum Gasteiger partial charge on any atom is -0.351 e. The molecule has 0 spiro atoms. The molecule has 5 heteroatoms. The molecule has 0 bridgehead atoms. The SMILES string of the molecule is Cc1nn(C)cc1Nc1c(C#N)cnc2ccccc12. The number of anilines is 2. The third-order valence-corrected chi connectivity index (χ3v) is 3.17. The number of hydrogen-bond donors (Lipinski definition) is 1. The Hall–Kier alpha value is -2.87. The van der Waals surface area contributed by atoms with Gasteiger partial charge in [-0.15, -0.1) is 0 Å². The Balaban J connectivity index is 2.19. The van der Waals surface area contributed by atoms with Gasteiger partial charge in [-0.1, -0.05) is 18.2 Å². The van der Waals surface area contributed by atoms with Crippen LogP contribution in [0.5, 0.6) is 0 Å². The van der Waals surface area contributed by atoms with Crippen molar-refractivity contribution in [1.29, 1.82) is 5.26 Å². The number of aromatic nitrogens is 3. The molecule has 2 heterocycles. The molecule has 0 saturated carbocycles. The second kappa shape index (κ2) is 4.67. The van der Waals surface area contributed by atoms with Gasteiger partial charge in [0.25, 0.3) is 0 Å². The van der Waals surface area contributed by atoms with Crippen LogP contribution in [0.2, 0.25) is 0 Å². The van der Waals surface area contributed by atoms with E-state index < -0.39 is 0 Å². The molecular weight excluding hydrogens is 250 g/mol. The van der Waals surface area contributed by atoms with Crippen LogP contribution >= 0.6 is 0 Å². The van der Waals surface area contributed by atoms with Crippen LogP contribution in [-0.4, -0.2) is 14.8 Å². The standard InChI is InChI=1S/C15H13N5/c1-10-14(9-20(2)19-10)18-15-11(7-16)8-17-13-6-4-3-5-12(13)15/h3-6,8-9H,1-2H3,(H,17,18). The normalized spacial score (nSPS) is 10.4. The first-order valence-corrected chi connectivity index (χ1v) is 6.24. The van der Waals surface area contributed by atoms with Crippen molar-refractivity contribution in [1.82, 2.24) is 14.8 Å². The van der Waals surface area contributed by atoms with Crippen LogP contribution in [0.15, 0.2) is 36.7 Å². The predicted octanol–water partition coefficient (Wildman–Crippen LogP) is 2.89. The molecule has 0 saturated heterocycles. The molecule has 0 radical (unpaired) electrons. The van der Waals surface area contributed by atoms with Gasteiger partial charge in [0.05, 0.1) is 28.1 Å². The van der Waals surface area contributed by atoms with Crippen LogP contribution < -0.4 is 5.32 Å². The quantitative estimate of drug-likeness (QED) is 0.772. The van der Waals surface area contributed by atoms with Gasteiger partial charge < -0.3 is 5.32 Å². The maximum absolute atomic E-state index is 9.28. The van der Waals surface area contributed by atoms with Gasteiger partial charge in [-0.25, -0.2) is 0 Å². The molecule has 1 aromatic carbocycles. The molecule has 5 nitrogen and oxygen atoms in total. The molecule has 0 unspecified atom stereocenters. The molecule has 0 amide bonds. The number of pyridine rings is 1. The summed E-state index contributed by atoms with van der Waals surface area (Å²) in [6, 6.07) is 9.93. The highest BCUT2D eigenvalue weighted by Crippen LogP contribution is 2.29. The Morgan fingerprint density at radius 3 is 2.80 bits per heavy atom. The summed E-state index contributed by atoms with van der Waals surface area (Å²) < 4.78 is 1.74. The number of aryl methyl sites for hydroxylation is 2. The molecule has 20 heavy (non-hydrogen) atoms. The number of benzene rings is 1. The van der Waals surface area contributed by atoms with Gasteiger partial charge in [0, 0.05) is 24.8 Å². The summed E-state index contributed by atoms with van der Waals surface area (Å²) in [4.78, 5) is 4.30. The molecule has 0 aliphatic heterocycles. The van der Waals surface area contributed by atoms with Crippen molar-refractivity contribution >= 4 is 22.3 Å². The Bertz CT molecular complexity index is 826. The molecule has 1 N–H and O–H groups in total. The maximum atomic E-state index is 9.28. The number of fused-ring (bicyclic) bond motifs is 1. The summed E-state index contributed by atoms with van der Waals surface area (Å²) in [5, 5.41) is 17.8. The average Bonchev–Trinajstić information content (AvgIpc) is 2.77. The molecule has 0 atom stereocenters. The van der Waals surface area contributed by atoms with E-state index in [4.69, 9.17) is 0 Å². The first-order chi connectivity index (χ1) is 9.69. The summed E-state index contributed by atoms with van der Waals surface area (Å²) in [6.07, 6.45) is 3.49. The molecule has 0 fully saturated rings. The second-order valence-corrected chi connectivity index (χ2v) is 4.60. The van der Waals surface area contributed by atoms with Gasteiger partial charge in [-0.2, -0.15) is 10.4 Å². The Morgan fingerprint density at radius 2 is 2.10 bits per heavy atom. The van der Waals surface area contributed by atoms with E-state index in [1.165, 1.54) is 0 Å². The Labute approximate surface area is 116 Å². The highest BCUT2D eigenvalue weighted by Gasteiger charge is 2.11. The van der Waals surface area contributed by atoms with Crippen molar-refractivity contribution in [3.8, 4) is 6.07 Å². The van der Waals surface area contributed by atoms with E-state index in [1.807, 2.05) is 44.4 Å². The van der Waals surface area contributed by atoms with Gasteiger partial charge >= 0.3 is 0 Å². The average molecular weight is 263 g/mol. The van der Waals surface area contributed by atoms with Crippen LogP contribution in [0, 0.1) is 18.3 Å². The van der Waals surface area contributed by atoms with Crippen molar-refractivity contribution in [2.75, 3.05) is 5.32 Å². The van der Waals surface area contributed by atoms with Crippen LogP contribution in [0.3, 0.4) is 0 Å². The van der Waals surface area contributed by atoms with Gasteiger partial charge in [-0.3, -0.25) is 9.67 Å². The molecular formula is C15H13N5. The van der Waals surface area contributed by atoms with Crippen LogP contribution in [-0.2, 0) is 7.05 Å². The lowest BCUT2D eigenvalue weighted by Crippen LogP contribution is -1.97. The van der Waals surface area contributed by atoms with Crippen molar-refractivity contribution in [2.45, 2.75) is 6.92 Å². The number of para-hydroxylation sites is 1. The Morgan fingerprint density at radius 1 is 1.30 bits per heavy atom. The van der Waals surface area contributed by atoms with E-state index in [2.05, 4.69) is 21.5 Å². The minimum atomic E-state index is 0.520. The zero-order valence-electron chi connectivity index (χ0n) is 11.3. The highest BCUT2D eigenvalue weighted by atomic mass is 15.3. The molecule has 98 valence electrons. The van der Waals surface area contributed by atoms with Crippen LogP contribution in [0.25, 0.3) is 10.9 Å². The summed E-state index contributed by atoms with van der Waals surface area (Å²) in [5.74, 6) is 0. The summed E-state index contributed by atoms with van der Waals surface area (Å²) >= 11 is 0. The fraction of sp³-hybridized carbons (Fsp3) is 0.133. The molecule has 0 aliphatic rings. The van der Waals surface area contributed by atoms with Crippen LogP contribution in [0.1, 0.15) is 11.3 Å². The van der Waals surface area contributed by atoms with Crippen molar-refractivity contribution < 1.29 is 0 Å². The number of nitrogens with zero attached hydrogens (tertiary/aromatic N) is 4. The fourth-order valence-electron chi connectivity index (χ4n) is 2.22. The zero-order valence-corrected chi connectivity index (χ0v) is 11.3. The van der Waals surface area contributed by atoms with E-state index in [0.29, 0.717) is 5.56 Å². The first-order valence-electron chi connectivity index (χ1n) is 6.24. The monoisotopic (exact) mass is 263 g/mol. The van der Waals surface area contributed by atoms with Crippen molar-refractivity contribution in [2.24, 2.45) is 7.05 Å². The fourth-order valence-corrected chi connectivity index (χ4v) is 2.22. The first kappa shape index (κ1) is 12.2. The van der Waals surface area contributed by atoms with Crippen molar-refractivity contribution in [3.63, 3.8) is 0 Å². The maximum Gasteiger partial charge on any atom is 0.103 e. The van der Waals surface area contributed by atoms with E-state index in [1.54, 1.807) is 10.9 Å². The third-order valence-electron chi connectivity index (χ3n) is 3.17. The number of nitriles is 1. The van der Waals surface area contributed by atoms with E-state index in [-0.39, 0.29) is 0 Å². The van der Waals surface area contributed by atoms with Gasteiger partial charge in [0.2, 0.25) is 0 Å². The van der Waals surface area contributed by atoms with Gasteiger partial charge in [0.1, 0.15) is 6.07 Å². The van der Waals surface area contributed by atoms with Gasteiger partial charge in [0.15, 0.2) is 0 Å². The molecule has 3 rings (SSSR count). The predicted molar refractivity (Wildman–Crippen MR) is 77.7 cm³/mol. The third kappa shape index (κ3) is 1.97. The smallest absolute Gasteiger partial charge is 0.103 e. The number of nitrogens with one attached hydrogen (secondary N) is 1. The lowest BCUT2D eigenvalue weighted by Gasteiger charge is -2.10. The Kier molecular flexibility index (Phi) is 2.84.